The number of aliphatic hydroxyl groups is 1. The lowest BCUT2D eigenvalue weighted by molar-refractivity contribution is 0.167. The van der Waals surface area contributed by atoms with Crippen molar-refractivity contribution in [3.63, 3.8) is 0 Å². The molecular weight excluding hydrogens is 235 g/mol. The molecule has 1 aromatic rings. The van der Waals surface area contributed by atoms with Gasteiger partial charge in [0.1, 0.15) is 5.82 Å². The van der Waals surface area contributed by atoms with Crippen LogP contribution in [0.3, 0.4) is 0 Å². The molecule has 0 radical (unpaired) electrons. The molecule has 17 heavy (non-hydrogen) atoms. The molecule has 0 saturated heterocycles. The first-order chi connectivity index (χ1) is 7.88. The SMILES string of the molecule is CC(C)(C)CCC(O)CSc1ccccc1F. The lowest BCUT2D eigenvalue weighted by Crippen LogP contribution is -2.15. The predicted molar refractivity (Wildman–Crippen MR) is 71.8 cm³/mol. The fourth-order valence-corrected chi connectivity index (χ4v) is 2.35. The summed E-state index contributed by atoms with van der Waals surface area (Å²) in [5.74, 6) is 0.345. The van der Waals surface area contributed by atoms with E-state index in [0.29, 0.717) is 10.6 Å². The minimum absolute atomic E-state index is 0.208. The van der Waals surface area contributed by atoms with E-state index in [1.807, 2.05) is 6.07 Å². The van der Waals surface area contributed by atoms with Crippen molar-refractivity contribution in [2.24, 2.45) is 5.41 Å². The zero-order chi connectivity index (χ0) is 12.9. The number of benzene rings is 1. The van der Waals surface area contributed by atoms with Crippen LogP contribution in [0, 0.1) is 11.2 Å². The van der Waals surface area contributed by atoms with E-state index in [1.54, 1.807) is 12.1 Å². The first-order valence-corrected chi connectivity index (χ1v) is 6.92. The van der Waals surface area contributed by atoms with Crippen LogP contribution in [0.25, 0.3) is 0 Å². The molecule has 0 aliphatic carbocycles. The molecule has 1 nitrogen and oxygen atoms in total. The van der Waals surface area contributed by atoms with Gasteiger partial charge in [-0.15, -0.1) is 11.8 Å². The van der Waals surface area contributed by atoms with E-state index < -0.39 is 0 Å². The number of rotatable bonds is 5. The molecule has 1 aromatic carbocycles. The molecule has 0 spiro atoms. The summed E-state index contributed by atoms with van der Waals surface area (Å²) in [6.07, 6.45) is 1.38. The van der Waals surface area contributed by atoms with Crippen LogP contribution < -0.4 is 0 Å². The Morgan fingerprint density at radius 2 is 1.94 bits per heavy atom. The summed E-state index contributed by atoms with van der Waals surface area (Å²) in [7, 11) is 0. The second-order valence-electron chi connectivity index (χ2n) is 5.49. The van der Waals surface area contributed by atoms with Crippen molar-refractivity contribution in [1.82, 2.24) is 0 Å². The second-order valence-corrected chi connectivity index (χ2v) is 6.56. The second kappa shape index (κ2) is 6.41. The van der Waals surface area contributed by atoms with Crippen LogP contribution in [0.4, 0.5) is 4.39 Å². The minimum atomic E-state index is -0.362. The van der Waals surface area contributed by atoms with Gasteiger partial charge in [0.2, 0.25) is 0 Å². The van der Waals surface area contributed by atoms with Crippen molar-refractivity contribution in [3.05, 3.63) is 30.1 Å². The van der Waals surface area contributed by atoms with E-state index >= 15 is 0 Å². The first kappa shape index (κ1) is 14.5. The van der Waals surface area contributed by atoms with E-state index in [2.05, 4.69) is 20.8 Å². The highest BCUT2D eigenvalue weighted by Gasteiger charge is 2.14. The van der Waals surface area contributed by atoms with E-state index in [0.717, 1.165) is 12.8 Å². The molecule has 1 unspecified atom stereocenters. The predicted octanol–water partition coefficient (Wildman–Crippen LogP) is 4.11. The Bertz CT molecular complexity index is 346. The van der Waals surface area contributed by atoms with Crippen LogP contribution in [0.5, 0.6) is 0 Å². The summed E-state index contributed by atoms with van der Waals surface area (Å²) in [4.78, 5) is 0.613. The largest absolute Gasteiger partial charge is 0.392 e. The molecule has 1 rings (SSSR count). The van der Waals surface area contributed by atoms with Crippen molar-refractivity contribution in [2.75, 3.05) is 5.75 Å². The average Bonchev–Trinajstić information content (AvgIpc) is 2.24. The van der Waals surface area contributed by atoms with Gasteiger partial charge in [0, 0.05) is 10.6 Å². The Labute approximate surface area is 107 Å². The highest BCUT2D eigenvalue weighted by Crippen LogP contribution is 2.25. The minimum Gasteiger partial charge on any atom is -0.392 e. The Morgan fingerprint density at radius 3 is 2.53 bits per heavy atom. The number of hydrogen-bond donors (Lipinski definition) is 1. The van der Waals surface area contributed by atoms with Crippen molar-refractivity contribution in [3.8, 4) is 0 Å². The van der Waals surface area contributed by atoms with Crippen LogP contribution in [-0.4, -0.2) is 17.0 Å². The van der Waals surface area contributed by atoms with Gasteiger partial charge in [-0.2, -0.15) is 0 Å². The molecule has 0 saturated carbocycles. The Morgan fingerprint density at radius 1 is 1.29 bits per heavy atom. The van der Waals surface area contributed by atoms with E-state index in [-0.39, 0.29) is 17.3 Å². The molecule has 1 N–H and O–H groups in total. The standard InChI is InChI=1S/C14H21FOS/c1-14(2,3)9-8-11(16)10-17-13-7-5-4-6-12(13)15/h4-7,11,16H,8-10H2,1-3H3. The molecule has 0 heterocycles. The fourth-order valence-electron chi connectivity index (χ4n) is 1.43. The third kappa shape index (κ3) is 6.08. The summed E-state index contributed by atoms with van der Waals surface area (Å²) in [5.41, 5.74) is 0.240. The van der Waals surface area contributed by atoms with Crippen molar-refractivity contribution >= 4 is 11.8 Å². The maximum Gasteiger partial charge on any atom is 0.136 e. The maximum absolute atomic E-state index is 13.3. The fraction of sp³-hybridized carbons (Fsp3) is 0.571. The molecule has 0 fully saturated rings. The van der Waals surface area contributed by atoms with Crippen molar-refractivity contribution < 1.29 is 9.50 Å². The molecule has 0 aliphatic rings. The summed E-state index contributed by atoms with van der Waals surface area (Å²) in [5, 5.41) is 9.82. The lowest BCUT2D eigenvalue weighted by Gasteiger charge is -2.20. The number of aliphatic hydroxyl groups excluding tert-OH is 1. The number of thioether (sulfide) groups is 1. The van der Waals surface area contributed by atoms with Crippen molar-refractivity contribution in [2.45, 2.75) is 44.6 Å². The normalized spacial score (nSPS) is 13.7. The number of halogens is 1. The van der Waals surface area contributed by atoms with Crippen LogP contribution in [0.15, 0.2) is 29.2 Å². The molecule has 1 atom stereocenters. The van der Waals surface area contributed by atoms with Gasteiger partial charge in [-0.25, -0.2) is 4.39 Å². The summed E-state index contributed by atoms with van der Waals surface area (Å²) in [6, 6.07) is 6.68. The van der Waals surface area contributed by atoms with Crippen molar-refractivity contribution in [1.29, 1.82) is 0 Å². The highest BCUT2D eigenvalue weighted by atomic mass is 32.2. The maximum atomic E-state index is 13.3. The third-order valence-corrected chi connectivity index (χ3v) is 3.69. The topological polar surface area (TPSA) is 20.2 Å². The summed E-state index contributed by atoms with van der Waals surface area (Å²) in [6.45, 7) is 6.47. The zero-order valence-corrected chi connectivity index (χ0v) is 11.6. The van der Waals surface area contributed by atoms with Gasteiger partial charge >= 0.3 is 0 Å². The van der Waals surface area contributed by atoms with Gasteiger partial charge in [-0.05, 0) is 30.4 Å². The van der Waals surface area contributed by atoms with Gasteiger partial charge < -0.3 is 5.11 Å². The summed E-state index contributed by atoms with van der Waals surface area (Å²) < 4.78 is 13.3. The van der Waals surface area contributed by atoms with Crippen LogP contribution in [0.2, 0.25) is 0 Å². The van der Waals surface area contributed by atoms with Crippen LogP contribution >= 0.6 is 11.8 Å². The molecule has 0 aliphatic heterocycles. The third-order valence-electron chi connectivity index (χ3n) is 2.50. The monoisotopic (exact) mass is 256 g/mol. The Kier molecular flexibility index (Phi) is 5.47. The summed E-state index contributed by atoms with van der Waals surface area (Å²) >= 11 is 1.38. The lowest BCUT2D eigenvalue weighted by atomic mass is 9.89. The zero-order valence-electron chi connectivity index (χ0n) is 10.7. The van der Waals surface area contributed by atoms with Crippen LogP contribution in [0.1, 0.15) is 33.6 Å². The Hall–Kier alpha value is -0.540. The van der Waals surface area contributed by atoms with E-state index in [4.69, 9.17) is 0 Å². The van der Waals surface area contributed by atoms with E-state index in [9.17, 15) is 9.50 Å². The molecule has 3 heteroatoms. The number of hydrogen-bond acceptors (Lipinski definition) is 2. The highest BCUT2D eigenvalue weighted by molar-refractivity contribution is 7.99. The molecule has 0 bridgehead atoms. The van der Waals surface area contributed by atoms with Gasteiger partial charge in [-0.3, -0.25) is 0 Å². The molecule has 96 valence electrons. The molecular formula is C14H21FOS. The van der Waals surface area contributed by atoms with Gasteiger partial charge in [0.25, 0.3) is 0 Å². The van der Waals surface area contributed by atoms with Crippen LogP contribution in [-0.2, 0) is 0 Å². The van der Waals surface area contributed by atoms with E-state index in [1.165, 1.54) is 17.8 Å². The van der Waals surface area contributed by atoms with Gasteiger partial charge in [0.05, 0.1) is 6.10 Å². The Balaban J connectivity index is 2.34. The van der Waals surface area contributed by atoms with Gasteiger partial charge in [-0.1, -0.05) is 32.9 Å². The molecule has 0 amide bonds. The first-order valence-electron chi connectivity index (χ1n) is 5.94. The quantitative estimate of drug-likeness (QED) is 0.800. The van der Waals surface area contributed by atoms with Gasteiger partial charge in [0.15, 0.2) is 0 Å². The smallest absolute Gasteiger partial charge is 0.136 e. The molecule has 0 aromatic heterocycles. The average molecular weight is 256 g/mol.